The lowest BCUT2D eigenvalue weighted by atomic mass is 10.2. The van der Waals surface area contributed by atoms with Gasteiger partial charge >= 0.3 is 5.97 Å². The molecule has 72 valence electrons. The van der Waals surface area contributed by atoms with E-state index in [-0.39, 0.29) is 18.4 Å². The smallest absolute Gasteiger partial charge is 0.320 e. The molecular weight excluding hydrogens is 292 g/mol. The third kappa shape index (κ3) is 2.74. The third-order valence-electron chi connectivity index (χ3n) is 2.04. The lowest BCUT2D eigenvalue weighted by molar-refractivity contribution is -0.142. The molecule has 1 rings (SSSR count). The van der Waals surface area contributed by atoms with Gasteiger partial charge in [-0.05, 0) is 19.8 Å². The SMILES string of the molecule is CC(I)N1CCCC1C(=O)O.Cl. The van der Waals surface area contributed by atoms with Crippen LogP contribution in [0.15, 0.2) is 0 Å². The molecule has 1 aliphatic heterocycles. The highest BCUT2D eigenvalue weighted by atomic mass is 127. The number of carboxylic acids is 1. The van der Waals surface area contributed by atoms with E-state index in [1.54, 1.807) is 0 Å². The van der Waals surface area contributed by atoms with Gasteiger partial charge in [0.1, 0.15) is 6.04 Å². The molecule has 0 spiro atoms. The number of rotatable bonds is 2. The van der Waals surface area contributed by atoms with Gasteiger partial charge in [0.25, 0.3) is 0 Å². The molecule has 0 aliphatic carbocycles. The lowest BCUT2D eigenvalue weighted by Crippen LogP contribution is -2.39. The molecule has 1 aliphatic rings. The minimum absolute atomic E-state index is 0. The van der Waals surface area contributed by atoms with Crippen LogP contribution in [0, 0.1) is 0 Å². The zero-order valence-corrected chi connectivity index (χ0v) is 9.84. The fraction of sp³-hybridized carbons (Fsp3) is 0.857. The van der Waals surface area contributed by atoms with Crippen molar-refractivity contribution in [3.63, 3.8) is 0 Å². The quantitative estimate of drug-likeness (QED) is 0.480. The van der Waals surface area contributed by atoms with Crippen molar-refractivity contribution in [2.75, 3.05) is 6.54 Å². The Labute approximate surface area is 92.1 Å². The Kier molecular flexibility index (Phi) is 5.43. The number of alkyl halides is 1. The molecule has 0 aromatic carbocycles. The second kappa shape index (κ2) is 5.24. The number of hydrogen-bond acceptors (Lipinski definition) is 2. The molecule has 1 fully saturated rings. The van der Waals surface area contributed by atoms with Crippen molar-refractivity contribution in [3.05, 3.63) is 0 Å². The Morgan fingerprint density at radius 3 is 2.67 bits per heavy atom. The topological polar surface area (TPSA) is 40.5 Å². The van der Waals surface area contributed by atoms with Gasteiger partial charge in [-0.15, -0.1) is 12.4 Å². The monoisotopic (exact) mass is 305 g/mol. The third-order valence-corrected chi connectivity index (χ3v) is 2.75. The van der Waals surface area contributed by atoms with Crippen LogP contribution < -0.4 is 0 Å². The number of hydrogen-bond donors (Lipinski definition) is 1. The van der Waals surface area contributed by atoms with Crippen LogP contribution in [0.1, 0.15) is 19.8 Å². The summed E-state index contributed by atoms with van der Waals surface area (Å²) in [6.45, 7) is 2.96. The predicted octanol–water partition coefficient (Wildman–Crippen LogP) is 1.74. The first-order chi connectivity index (χ1) is 5.13. The van der Waals surface area contributed by atoms with Crippen molar-refractivity contribution >= 4 is 41.0 Å². The summed E-state index contributed by atoms with van der Waals surface area (Å²) in [5.41, 5.74) is 0. The molecule has 3 nitrogen and oxygen atoms in total. The maximum atomic E-state index is 10.7. The number of carbonyl (C=O) groups is 1. The van der Waals surface area contributed by atoms with Crippen LogP contribution in [0.5, 0.6) is 0 Å². The molecular formula is C7H13ClINO2. The van der Waals surface area contributed by atoms with Crippen LogP contribution in [0.2, 0.25) is 0 Å². The molecule has 0 aromatic heterocycles. The second-order valence-electron chi connectivity index (χ2n) is 2.81. The molecule has 1 N–H and O–H groups in total. The minimum atomic E-state index is -0.675. The standard InChI is InChI=1S/C7H12INO2.ClH/c1-5(8)9-4-2-3-6(9)7(10)11;/h5-6H,2-4H2,1H3,(H,10,11);1H. The highest BCUT2D eigenvalue weighted by Crippen LogP contribution is 2.22. The average Bonchev–Trinajstić information content (AvgIpc) is 2.32. The first kappa shape index (κ1) is 12.4. The van der Waals surface area contributed by atoms with Gasteiger partial charge in [-0.1, -0.05) is 22.6 Å². The Hall–Kier alpha value is 0.450. The Balaban J connectivity index is 0.00000121. The summed E-state index contributed by atoms with van der Waals surface area (Å²) in [5.74, 6) is -0.675. The summed E-state index contributed by atoms with van der Waals surface area (Å²) >= 11 is 2.26. The lowest BCUT2D eigenvalue weighted by Gasteiger charge is -2.23. The van der Waals surface area contributed by atoms with E-state index in [1.807, 2.05) is 11.8 Å². The van der Waals surface area contributed by atoms with Gasteiger partial charge in [0.05, 0.1) is 4.05 Å². The molecule has 0 saturated carbocycles. The van der Waals surface area contributed by atoms with E-state index >= 15 is 0 Å². The molecule has 0 aromatic rings. The van der Waals surface area contributed by atoms with Crippen LogP contribution >= 0.6 is 35.0 Å². The van der Waals surface area contributed by atoms with Crippen LogP contribution in [-0.4, -0.2) is 32.6 Å². The number of halogens is 2. The Morgan fingerprint density at radius 1 is 1.75 bits per heavy atom. The van der Waals surface area contributed by atoms with E-state index in [0.29, 0.717) is 4.05 Å². The van der Waals surface area contributed by atoms with Gasteiger partial charge in [0, 0.05) is 6.54 Å². The molecule has 2 unspecified atom stereocenters. The van der Waals surface area contributed by atoms with Crippen LogP contribution in [0.3, 0.4) is 0 Å². The average molecular weight is 306 g/mol. The van der Waals surface area contributed by atoms with Crippen molar-refractivity contribution in [1.29, 1.82) is 0 Å². The first-order valence-electron chi connectivity index (χ1n) is 3.75. The van der Waals surface area contributed by atoms with Gasteiger partial charge < -0.3 is 5.11 Å². The Morgan fingerprint density at radius 2 is 2.33 bits per heavy atom. The van der Waals surface area contributed by atoms with E-state index in [2.05, 4.69) is 22.6 Å². The largest absolute Gasteiger partial charge is 0.480 e. The van der Waals surface area contributed by atoms with Crippen LogP contribution in [0.4, 0.5) is 0 Å². The van der Waals surface area contributed by atoms with Crippen molar-refractivity contribution in [2.45, 2.75) is 29.9 Å². The van der Waals surface area contributed by atoms with Gasteiger partial charge in [0.15, 0.2) is 0 Å². The van der Waals surface area contributed by atoms with E-state index in [9.17, 15) is 4.79 Å². The van der Waals surface area contributed by atoms with Crippen LogP contribution in [0.25, 0.3) is 0 Å². The molecule has 5 heteroatoms. The number of carboxylic acid groups (broad SMARTS) is 1. The summed E-state index contributed by atoms with van der Waals surface area (Å²) in [6, 6.07) is -0.234. The van der Waals surface area contributed by atoms with E-state index in [1.165, 1.54) is 0 Å². The minimum Gasteiger partial charge on any atom is -0.480 e. The van der Waals surface area contributed by atoms with Gasteiger partial charge in [-0.3, -0.25) is 9.69 Å². The molecule has 1 heterocycles. The van der Waals surface area contributed by atoms with Crippen molar-refractivity contribution in [2.24, 2.45) is 0 Å². The fourth-order valence-electron chi connectivity index (χ4n) is 1.48. The van der Waals surface area contributed by atoms with Crippen LogP contribution in [-0.2, 0) is 4.79 Å². The first-order valence-corrected chi connectivity index (χ1v) is 5.00. The molecule has 0 amide bonds. The summed E-state index contributed by atoms with van der Waals surface area (Å²) < 4.78 is 0.330. The van der Waals surface area contributed by atoms with Gasteiger partial charge in [0.2, 0.25) is 0 Å². The highest BCUT2D eigenvalue weighted by Gasteiger charge is 2.32. The highest BCUT2D eigenvalue weighted by molar-refractivity contribution is 14.1. The Bertz CT molecular complexity index is 165. The van der Waals surface area contributed by atoms with E-state index in [4.69, 9.17) is 5.11 Å². The second-order valence-corrected chi connectivity index (χ2v) is 4.61. The molecule has 0 radical (unpaired) electrons. The fourth-order valence-corrected chi connectivity index (χ4v) is 2.15. The number of aliphatic carboxylic acids is 1. The molecule has 2 atom stereocenters. The van der Waals surface area contributed by atoms with Crippen molar-refractivity contribution in [3.8, 4) is 0 Å². The maximum absolute atomic E-state index is 10.7. The normalized spacial score (nSPS) is 26.3. The predicted molar refractivity (Wildman–Crippen MR) is 58.1 cm³/mol. The van der Waals surface area contributed by atoms with E-state index in [0.717, 1.165) is 19.4 Å². The maximum Gasteiger partial charge on any atom is 0.320 e. The zero-order chi connectivity index (χ0) is 8.43. The summed E-state index contributed by atoms with van der Waals surface area (Å²) in [5, 5.41) is 8.79. The molecule has 12 heavy (non-hydrogen) atoms. The number of nitrogens with zero attached hydrogens (tertiary/aromatic N) is 1. The summed E-state index contributed by atoms with van der Waals surface area (Å²) in [6.07, 6.45) is 1.83. The van der Waals surface area contributed by atoms with Gasteiger partial charge in [-0.25, -0.2) is 0 Å². The molecule has 0 bridgehead atoms. The van der Waals surface area contributed by atoms with E-state index < -0.39 is 5.97 Å². The summed E-state index contributed by atoms with van der Waals surface area (Å²) in [4.78, 5) is 12.7. The van der Waals surface area contributed by atoms with Crippen molar-refractivity contribution in [1.82, 2.24) is 4.90 Å². The molecule has 1 saturated heterocycles. The summed E-state index contributed by atoms with van der Waals surface area (Å²) in [7, 11) is 0. The number of likely N-dealkylation sites (tertiary alicyclic amines) is 1. The zero-order valence-electron chi connectivity index (χ0n) is 6.86. The van der Waals surface area contributed by atoms with Crippen molar-refractivity contribution < 1.29 is 9.90 Å². The van der Waals surface area contributed by atoms with Gasteiger partial charge in [-0.2, -0.15) is 0 Å².